The smallest absolute Gasteiger partial charge is 0.165 e. The van der Waals surface area contributed by atoms with E-state index in [0.29, 0.717) is 12.4 Å². The maximum Gasteiger partial charge on any atom is 0.165 e. The molecule has 16 heavy (non-hydrogen) atoms. The van der Waals surface area contributed by atoms with Gasteiger partial charge in [-0.15, -0.1) is 0 Å². The van der Waals surface area contributed by atoms with Crippen LogP contribution in [0.1, 0.15) is 11.5 Å². The maximum absolute atomic E-state index is 13.2. The minimum absolute atomic E-state index is 0.235. The number of pyridine rings is 1. The van der Waals surface area contributed by atoms with Crippen LogP contribution in [0.2, 0.25) is 0 Å². The number of nitrogens with zero attached hydrogens (tertiary/aromatic N) is 3. The van der Waals surface area contributed by atoms with Gasteiger partial charge in [0.05, 0.1) is 12.2 Å². The van der Waals surface area contributed by atoms with Crippen LogP contribution < -0.4 is 5.32 Å². The molecule has 0 amide bonds. The Morgan fingerprint density at radius 2 is 2.12 bits per heavy atom. The van der Waals surface area contributed by atoms with Crippen LogP contribution in [0.4, 0.5) is 10.2 Å². The Labute approximate surface area is 92.6 Å². The fourth-order valence-corrected chi connectivity index (χ4v) is 1.29. The highest BCUT2D eigenvalue weighted by Gasteiger charge is 2.02. The van der Waals surface area contributed by atoms with Gasteiger partial charge in [0.2, 0.25) is 0 Å². The number of rotatable bonds is 3. The predicted octanol–water partition coefficient (Wildman–Crippen LogP) is 1.93. The molecule has 0 spiro atoms. The van der Waals surface area contributed by atoms with Gasteiger partial charge >= 0.3 is 0 Å². The molecule has 0 aromatic carbocycles. The minimum atomic E-state index is -0.367. The minimum Gasteiger partial charge on any atom is -0.362 e. The number of nitrogens with one attached hydrogen (secondary N) is 1. The van der Waals surface area contributed by atoms with Gasteiger partial charge in [0.15, 0.2) is 11.6 Å². The number of anilines is 1. The third-order valence-electron chi connectivity index (χ3n) is 2.03. The van der Waals surface area contributed by atoms with Gasteiger partial charge < -0.3 is 5.32 Å². The molecule has 0 saturated heterocycles. The quantitative estimate of drug-likeness (QED) is 0.855. The van der Waals surface area contributed by atoms with Crippen LogP contribution in [0.5, 0.6) is 0 Å². The van der Waals surface area contributed by atoms with Gasteiger partial charge in [0.1, 0.15) is 5.82 Å². The van der Waals surface area contributed by atoms with Crippen molar-refractivity contribution < 1.29 is 4.39 Å². The Balaban J connectivity index is 2.05. The first-order valence-corrected chi connectivity index (χ1v) is 4.88. The SMILES string of the molecule is Cc1nccc(CNc2ncccc2F)n1. The standard InChI is InChI=1S/C11H11FN4/c1-8-13-6-4-9(16-8)7-15-11-10(12)3-2-5-14-11/h2-6H,7H2,1H3,(H,14,15). The van der Waals surface area contributed by atoms with E-state index in [1.165, 1.54) is 12.3 Å². The molecular weight excluding hydrogens is 207 g/mol. The van der Waals surface area contributed by atoms with E-state index in [1.807, 2.05) is 6.92 Å². The van der Waals surface area contributed by atoms with Crippen LogP contribution >= 0.6 is 0 Å². The molecule has 0 atom stereocenters. The maximum atomic E-state index is 13.2. The number of hydrogen-bond donors (Lipinski definition) is 1. The molecule has 82 valence electrons. The fourth-order valence-electron chi connectivity index (χ4n) is 1.29. The number of hydrogen-bond acceptors (Lipinski definition) is 4. The summed E-state index contributed by atoms with van der Waals surface area (Å²) < 4.78 is 13.2. The lowest BCUT2D eigenvalue weighted by atomic mass is 10.3. The van der Waals surface area contributed by atoms with E-state index < -0.39 is 0 Å². The van der Waals surface area contributed by atoms with E-state index in [-0.39, 0.29) is 11.6 Å². The van der Waals surface area contributed by atoms with Crippen molar-refractivity contribution in [3.63, 3.8) is 0 Å². The van der Waals surface area contributed by atoms with Crippen molar-refractivity contribution in [2.75, 3.05) is 5.32 Å². The molecule has 2 heterocycles. The van der Waals surface area contributed by atoms with E-state index in [0.717, 1.165) is 5.69 Å². The molecule has 4 nitrogen and oxygen atoms in total. The second-order valence-corrected chi connectivity index (χ2v) is 3.28. The highest BCUT2D eigenvalue weighted by atomic mass is 19.1. The summed E-state index contributed by atoms with van der Waals surface area (Å²) in [7, 11) is 0. The number of aromatic nitrogens is 3. The summed E-state index contributed by atoms with van der Waals surface area (Å²) in [5.41, 5.74) is 0.803. The summed E-state index contributed by atoms with van der Waals surface area (Å²) >= 11 is 0. The first-order valence-electron chi connectivity index (χ1n) is 4.88. The summed E-state index contributed by atoms with van der Waals surface area (Å²) in [4.78, 5) is 12.1. The summed E-state index contributed by atoms with van der Waals surface area (Å²) in [5, 5.41) is 2.88. The molecule has 2 aromatic heterocycles. The molecule has 2 rings (SSSR count). The molecule has 0 aliphatic heterocycles. The highest BCUT2D eigenvalue weighted by Crippen LogP contribution is 2.09. The molecule has 0 fully saturated rings. The predicted molar refractivity (Wildman–Crippen MR) is 58.3 cm³/mol. The number of halogens is 1. The van der Waals surface area contributed by atoms with Crippen molar-refractivity contribution in [3.05, 3.63) is 47.9 Å². The molecule has 1 N–H and O–H groups in total. The average molecular weight is 218 g/mol. The third-order valence-corrected chi connectivity index (χ3v) is 2.03. The van der Waals surface area contributed by atoms with Crippen LogP contribution in [0, 0.1) is 12.7 Å². The van der Waals surface area contributed by atoms with Crippen LogP contribution in [-0.4, -0.2) is 15.0 Å². The Morgan fingerprint density at radius 3 is 2.88 bits per heavy atom. The van der Waals surface area contributed by atoms with Crippen LogP contribution in [0.15, 0.2) is 30.6 Å². The van der Waals surface area contributed by atoms with Gasteiger partial charge in [-0.3, -0.25) is 0 Å². The zero-order valence-corrected chi connectivity index (χ0v) is 8.81. The first kappa shape index (κ1) is 10.5. The summed E-state index contributed by atoms with van der Waals surface area (Å²) in [5.74, 6) is 0.563. The van der Waals surface area contributed by atoms with Gasteiger partial charge in [-0.1, -0.05) is 0 Å². The second-order valence-electron chi connectivity index (χ2n) is 3.28. The van der Waals surface area contributed by atoms with E-state index in [9.17, 15) is 4.39 Å². The molecule has 0 unspecified atom stereocenters. The lowest BCUT2D eigenvalue weighted by Gasteiger charge is -2.05. The van der Waals surface area contributed by atoms with Gasteiger partial charge in [0.25, 0.3) is 0 Å². The van der Waals surface area contributed by atoms with Crippen LogP contribution in [-0.2, 0) is 6.54 Å². The summed E-state index contributed by atoms with van der Waals surface area (Å²) in [6, 6.07) is 4.69. The van der Waals surface area contributed by atoms with E-state index in [1.54, 1.807) is 18.3 Å². The van der Waals surface area contributed by atoms with Gasteiger partial charge in [-0.05, 0) is 25.1 Å². The zero-order chi connectivity index (χ0) is 11.4. The molecule has 0 bridgehead atoms. The third kappa shape index (κ3) is 2.50. The lowest BCUT2D eigenvalue weighted by Crippen LogP contribution is -2.05. The van der Waals surface area contributed by atoms with Crippen molar-refractivity contribution in [3.8, 4) is 0 Å². The summed E-state index contributed by atoms with van der Waals surface area (Å²) in [6.45, 7) is 2.24. The van der Waals surface area contributed by atoms with Crippen molar-refractivity contribution in [1.82, 2.24) is 15.0 Å². The molecule has 2 aromatic rings. The Hall–Kier alpha value is -2.04. The van der Waals surface area contributed by atoms with Crippen molar-refractivity contribution in [2.24, 2.45) is 0 Å². The first-order chi connectivity index (χ1) is 7.75. The van der Waals surface area contributed by atoms with E-state index in [2.05, 4.69) is 20.3 Å². The molecule has 5 heteroatoms. The second kappa shape index (κ2) is 4.65. The van der Waals surface area contributed by atoms with Gasteiger partial charge in [-0.25, -0.2) is 19.3 Å². The molecular formula is C11H11FN4. The molecule has 0 aliphatic rings. The van der Waals surface area contributed by atoms with E-state index in [4.69, 9.17) is 0 Å². The summed E-state index contributed by atoms with van der Waals surface area (Å²) in [6.07, 6.45) is 3.21. The fraction of sp³-hybridized carbons (Fsp3) is 0.182. The van der Waals surface area contributed by atoms with Crippen LogP contribution in [0.25, 0.3) is 0 Å². The highest BCUT2D eigenvalue weighted by molar-refractivity contribution is 5.35. The van der Waals surface area contributed by atoms with Crippen molar-refractivity contribution in [2.45, 2.75) is 13.5 Å². The Bertz CT molecular complexity index is 487. The van der Waals surface area contributed by atoms with Gasteiger partial charge in [-0.2, -0.15) is 0 Å². The van der Waals surface area contributed by atoms with E-state index >= 15 is 0 Å². The Morgan fingerprint density at radius 1 is 1.25 bits per heavy atom. The number of aryl methyl sites for hydroxylation is 1. The van der Waals surface area contributed by atoms with Gasteiger partial charge in [0, 0.05) is 12.4 Å². The zero-order valence-electron chi connectivity index (χ0n) is 8.81. The Kier molecular flexibility index (Phi) is 3.05. The molecule has 0 radical (unpaired) electrons. The molecule has 0 saturated carbocycles. The average Bonchev–Trinajstić information content (AvgIpc) is 2.28. The normalized spacial score (nSPS) is 10.1. The van der Waals surface area contributed by atoms with Crippen molar-refractivity contribution in [1.29, 1.82) is 0 Å². The lowest BCUT2D eigenvalue weighted by molar-refractivity contribution is 0.624. The monoisotopic (exact) mass is 218 g/mol. The van der Waals surface area contributed by atoms with Crippen molar-refractivity contribution >= 4 is 5.82 Å². The molecule has 0 aliphatic carbocycles. The topological polar surface area (TPSA) is 50.7 Å². The van der Waals surface area contributed by atoms with Crippen LogP contribution in [0.3, 0.4) is 0 Å². The largest absolute Gasteiger partial charge is 0.362 e.